The summed E-state index contributed by atoms with van der Waals surface area (Å²) in [6.07, 6.45) is 0.719. The van der Waals surface area contributed by atoms with Crippen molar-refractivity contribution in [2.75, 3.05) is 32.7 Å². The Balaban J connectivity index is 1.95. The van der Waals surface area contributed by atoms with E-state index in [9.17, 15) is 8.78 Å². The summed E-state index contributed by atoms with van der Waals surface area (Å²) >= 11 is 0. The molecule has 0 aliphatic carbocycles. The lowest BCUT2D eigenvalue weighted by Crippen LogP contribution is -2.44. The first-order chi connectivity index (χ1) is 8.31. The molecule has 1 heterocycles. The number of rotatable bonds is 4. The Hall–Kier alpha value is -1.00. The molecular weight excluding hydrogens is 222 g/mol. The van der Waals surface area contributed by atoms with Crippen LogP contribution in [0, 0.1) is 5.82 Å². The first-order valence-corrected chi connectivity index (χ1v) is 6.06. The van der Waals surface area contributed by atoms with Gasteiger partial charge in [0, 0.05) is 38.3 Å². The molecule has 0 aromatic heterocycles. The van der Waals surface area contributed by atoms with Gasteiger partial charge in [0.2, 0.25) is 0 Å². The fourth-order valence-corrected chi connectivity index (χ4v) is 2.20. The summed E-state index contributed by atoms with van der Waals surface area (Å²) in [5.41, 5.74) is 1.02. The molecule has 0 radical (unpaired) electrons. The second-order valence-electron chi connectivity index (χ2n) is 4.35. The zero-order valence-corrected chi connectivity index (χ0v) is 9.88. The third kappa shape index (κ3) is 3.23. The lowest BCUT2D eigenvalue weighted by Gasteiger charge is -2.27. The van der Waals surface area contributed by atoms with Gasteiger partial charge in [-0.3, -0.25) is 0 Å². The van der Waals surface area contributed by atoms with Gasteiger partial charge in [-0.15, -0.1) is 0 Å². The van der Waals surface area contributed by atoms with Crippen molar-refractivity contribution < 1.29 is 8.78 Å². The topological polar surface area (TPSA) is 15.3 Å². The van der Waals surface area contributed by atoms with E-state index in [4.69, 9.17) is 0 Å². The molecule has 1 aromatic rings. The number of alkyl halides is 1. The van der Waals surface area contributed by atoms with Crippen LogP contribution in [0.1, 0.15) is 11.1 Å². The lowest BCUT2D eigenvalue weighted by atomic mass is 10.0. The van der Waals surface area contributed by atoms with Gasteiger partial charge in [0.15, 0.2) is 0 Å². The average molecular weight is 240 g/mol. The van der Waals surface area contributed by atoms with Crippen LogP contribution in [0.2, 0.25) is 0 Å². The Labute approximate surface area is 101 Å². The van der Waals surface area contributed by atoms with Crippen molar-refractivity contribution in [3.63, 3.8) is 0 Å². The molecule has 1 aliphatic heterocycles. The van der Waals surface area contributed by atoms with Crippen molar-refractivity contribution in [2.45, 2.75) is 13.1 Å². The average Bonchev–Trinajstić information content (AvgIpc) is 2.37. The molecule has 1 fully saturated rings. The van der Waals surface area contributed by atoms with Crippen LogP contribution in [0.15, 0.2) is 18.2 Å². The van der Waals surface area contributed by atoms with Gasteiger partial charge < -0.3 is 10.2 Å². The second-order valence-corrected chi connectivity index (χ2v) is 4.35. The number of nitrogens with zero attached hydrogens (tertiary/aromatic N) is 1. The van der Waals surface area contributed by atoms with E-state index in [0.29, 0.717) is 0 Å². The molecule has 17 heavy (non-hydrogen) atoms. The smallest absolute Gasteiger partial charge is 0.129 e. The van der Waals surface area contributed by atoms with Gasteiger partial charge >= 0.3 is 0 Å². The summed E-state index contributed by atoms with van der Waals surface area (Å²) in [5.74, 6) is -0.426. The molecule has 1 aliphatic rings. The van der Waals surface area contributed by atoms with Gasteiger partial charge in [-0.25, -0.2) is 8.78 Å². The summed E-state index contributed by atoms with van der Waals surface area (Å²) in [6.45, 7) is 4.18. The van der Waals surface area contributed by atoms with Gasteiger partial charge in [0.25, 0.3) is 0 Å². The van der Waals surface area contributed by atoms with Crippen LogP contribution < -0.4 is 5.32 Å². The minimum Gasteiger partial charge on any atom is -0.314 e. The van der Waals surface area contributed by atoms with E-state index >= 15 is 0 Å². The van der Waals surface area contributed by atoms with Crippen molar-refractivity contribution in [2.24, 2.45) is 0 Å². The first kappa shape index (κ1) is 12.5. The molecule has 0 bridgehead atoms. The predicted octanol–water partition coefficient (Wildman–Crippen LogP) is 1.74. The van der Waals surface area contributed by atoms with Crippen LogP contribution in [-0.2, 0) is 13.1 Å². The normalized spacial score (nSPS) is 17.3. The van der Waals surface area contributed by atoms with E-state index in [1.54, 1.807) is 6.07 Å². The number of halogens is 2. The van der Waals surface area contributed by atoms with Crippen LogP contribution in [-0.4, -0.2) is 37.6 Å². The monoisotopic (exact) mass is 240 g/mol. The molecule has 94 valence electrons. The highest BCUT2D eigenvalue weighted by Crippen LogP contribution is 2.16. The van der Waals surface area contributed by atoms with Gasteiger partial charge in [0.1, 0.15) is 12.5 Å². The molecule has 0 unspecified atom stereocenters. The molecular formula is C13H18F2N2. The Morgan fingerprint density at radius 1 is 1.24 bits per heavy atom. The predicted molar refractivity (Wildman–Crippen MR) is 64.2 cm³/mol. The van der Waals surface area contributed by atoms with Crippen LogP contribution in [0.5, 0.6) is 0 Å². The van der Waals surface area contributed by atoms with E-state index in [1.165, 1.54) is 6.07 Å². The third-order valence-electron chi connectivity index (χ3n) is 3.26. The minimum absolute atomic E-state index is 0.225. The van der Waals surface area contributed by atoms with E-state index in [0.717, 1.165) is 44.7 Å². The lowest BCUT2D eigenvalue weighted by molar-refractivity contribution is 0.243. The van der Waals surface area contributed by atoms with Crippen LogP contribution in [0.4, 0.5) is 8.78 Å². The third-order valence-corrected chi connectivity index (χ3v) is 3.26. The van der Waals surface area contributed by atoms with Crippen molar-refractivity contribution in [3.8, 4) is 0 Å². The van der Waals surface area contributed by atoms with E-state index < -0.39 is 12.5 Å². The van der Waals surface area contributed by atoms with E-state index in [2.05, 4.69) is 10.2 Å². The highest BCUT2D eigenvalue weighted by Gasteiger charge is 2.12. The number of piperazine rings is 1. The molecule has 1 aromatic carbocycles. The maximum absolute atomic E-state index is 13.4. The fourth-order valence-electron chi connectivity index (χ4n) is 2.20. The largest absolute Gasteiger partial charge is 0.314 e. The second kappa shape index (κ2) is 6.07. The Bertz CT molecular complexity index is 362. The number of benzene rings is 1. The first-order valence-electron chi connectivity index (χ1n) is 6.06. The Kier molecular flexibility index (Phi) is 4.45. The van der Waals surface area contributed by atoms with E-state index in [-0.39, 0.29) is 5.56 Å². The van der Waals surface area contributed by atoms with Gasteiger partial charge in [-0.2, -0.15) is 0 Å². The van der Waals surface area contributed by atoms with Crippen molar-refractivity contribution >= 4 is 0 Å². The standard InChI is InChI=1S/C13H18F2N2/c14-10-12-11(2-1-3-13(12)15)4-7-17-8-5-16-6-9-17/h1-3,16H,4-10H2. The fraction of sp³-hybridized carbons (Fsp3) is 0.538. The summed E-state index contributed by atoms with van der Waals surface area (Å²) in [5, 5.41) is 3.28. The van der Waals surface area contributed by atoms with Crippen molar-refractivity contribution in [1.29, 1.82) is 0 Å². The molecule has 0 spiro atoms. The maximum Gasteiger partial charge on any atom is 0.129 e. The number of nitrogens with one attached hydrogen (secondary N) is 1. The number of hydrogen-bond acceptors (Lipinski definition) is 2. The van der Waals surface area contributed by atoms with Crippen LogP contribution in [0.3, 0.4) is 0 Å². The molecule has 1 saturated heterocycles. The molecule has 4 heteroatoms. The van der Waals surface area contributed by atoms with Crippen molar-refractivity contribution in [1.82, 2.24) is 10.2 Å². The summed E-state index contributed by atoms with van der Waals surface area (Å²) in [4.78, 5) is 2.32. The summed E-state index contributed by atoms with van der Waals surface area (Å²) in [7, 11) is 0. The quantitative estimate of drug-likeness (QED) is 0.862. The zero-order valence-electron chi connectivity index (χ0n) is 9.88. The van der Waals surface area contributed by atoms with Crippen molar-refractivity contribution in [3.05, 3.63) is 35.1 Å². The molecule has 0 amide bonds. The zero-order chi connectivity index (χ0) is 12.1. The SMILES string of the molecule is FCc1c(F)cccc1CCN1CCNCC1. The number of hydrogen-bond donors (Lipinski definition) is 1. The molecule has 2 nitrogen and oxygen atoms in total. The Morgan fingerprint density at radius 2 is 2.00 bits per heavy atom. The minimum atomic E-state index is -0.719. The summed E-state index contributed by atoms with van der Waals surface area (Å²) in [6, 6.07) is 4.80. The summed E-state index contributed by atoms with van der Waals surface area (Å²) < 4.78 is 26.1. The molecule has 0 atom stereocenters. The Morgan fingerprint density at radius 3 is 2.71 bits per heavy atom. The van der Waals surface area contributed by atoms with E-state index in [1.807, 2.05) is 6.07 Å². The molecule has 0 saturated carbocycles. The highest BCUT2D eigenvalue weighted by atomic mass is 19.1. The van der Waals surface area contributed by atoms with Crippen LogP contribution in [0.25, 0.3) is 0 Å². The van der Waals surface area contributed by atoms with Gasteiger partial charge in [-0.1, -0.05) is 12.1 Å². The van der Waals surface area contributed by atoms with Gasteiger partial charge in [0.05, 0.1) is 0 Å². The molecule has 2 rings (SSSR count). The van der Waals surface area contributed by atoms with Crippen LogP contribution >= 0.6 is 0 Å². The molecule has 1 N–H and O–H groups in total. The highest BCUT2D eigenvalue weighted by molar-refractivity contribution is 5.28. The maximum atomic E-state index is 13.4. The van der Waals surface area contributed by atoms with Gasteiger partial charge in [-0.05, 0) is 18.1 Å².